The topological polar surface area (TPSA) is 67.0 Å². The van der Waals surface area contributed by atoms with E-state index in [9.17, 15) is 4.79 Å². The first-order valence-electron chi connectivity index (χ1n) is 5.69. The number of hydrogen-bond donors (Lipinski definition) is 2. The maximum atomic E-state index is 11.0. The van der Waals surface area contributed by atoms with Gasteiger partial charge < -0.3 is 10.1 Å². The van der Waals surface area contributed by atoms with Crippen LogP contribution in [0.5, 0.6) is 5.75 Å². The fraction of sp³-hybridized carbons (Fsp3) is 0.231. The molecule has 2 rings (SSSR count). The van der Waals surface area contributed by atoms with Gasteiger partial charge in [0, 0.05) is 12.6 Å². The molecule has 5 heteroatoms. The van der Waals surface area contributed by atoms with E-state index in [0.29, 0.717) is 0 Å². The minimum absolute atomic E-state index is 0.207. The molecule has 0 saturated carbocycles. The molecule has 94 valence electrons. The molecule has 0 atom stereocenters. The van der Waals surface area contributed by atoms with E-state index >= 15 is 0 Å². The maximum absolute atomic E-state index is 11.0. The molecular formula is C13H15N3O2. The highest BCUT2D eigenvalue weighted by atomic mass is 16.5. The molecule has 0 aliphatic heterocycles. The molecule has 0 unspecified atom stereocenters. The van der Waals surface area contributed by atoms with Crippen molar-refractivity contribution in [2.75, 3.05) is 19.0 Å². The summed E-state index contributed by atoms with van der Waals surface area (Å²) in [5.74, 6) is 0.852. The molecule has 1 heterocycles. The predicted molar refractivity (Wildman–Crippen MR) is 70.0 cm³/mol. The zero-order valence-electron chi connectivity index (χ0n) is 10.1. The Hall–Kier alpha value is -2.30. The third-order valence-electron chi connectivity index (χ3n) is 2.54. The smallest absolute Gasteiger partial charge is 0.266 e. The SMILES string of the molecule is COc1cccc(CCNc2cn[nH]c(=O)c2)c1. The Kier molecular flexibility index (Phi) is 3.96. The summed E-state index contributed by atoms with van der Waals surface area (Å²) >= 11 is 0. The zero-order valence-corrected chi connectivity index (χ0v) is 10.1. The lowest BCUT2D eigenvalue weighted by molar-refractivity contribution is 0.414. The number of aromatic amines is 1. The predicted octanol–water partition coefficient (Wildman–Crippen LogP) is 1.43. The Morgan fingerprint density at radius 2 is 2.28 bits per heavy atom. The molecule has 0 fully saturated rings. The van der Waals surface area contributed by atoms with Crippen LogP contribution >= 0.6 is 0 Å². The van der Waals surface area contributed by atoms with Gasteiger partial charge in [-0.1, -0.05) is 12.1 Å². The minimum atomic E-state index is -0.207. The Balaban J connectivity index is 1.90. The van der Waals surface area contributed by atoms with E-state index in [1.54, 1.807) is 13.3 Å². The lowest BCUT2D eigenvalue weighted by atomic mass is 10.1. The fourth-order valence-electron chi connectivity index (χ4n) is 1.65. The number of methoxy groups -OCH3 is 1. The summed E-state index contributed by atoms with van der Waals surface area (Å²) in [6.07, 6.45) is 2.44. The van der Waals surface area contributed by atoms with Gasteiger partial charge in [-0.15, -0.1) is 0 Å². The normalized spacial score (nSPS) is 10.1. The van der Waals surface area contributed by atoms with Crippen LogP contribution in [0.25, 0.3) is 0 Å². The van der Waals surface area contributed by atoms with Gasteiger partial charge in [-0.25, -0.2) is 5.10 Å². The highest BCUT2D eigenvalue weighted by Crippen LogP contribution is 2.13. The minimum Gasteiger partial charge on any atom is -0.497 e. The van der Waals surface area contributed by atoms with Crippen molar-refractivity contribution in [2.24, 2.45) is 0 Å². The van der Waals surface area contributed by atoms with E-state index < -0.39 is 0 Å². The molecule has 0 spiro atoms. The average molecular weight is 245 g/mol. The van der Waals surface area contributed by atoms with Crippen LogP contribution in [-0.2, 0) is 6.42 Å². The second-order valence-electron chi connectivity index (χ2n) is 3.86. The molecule has 5 nitrogen and oxygen atoms in total. The highest BCUT2D eigenvalue weighted by Gasteiger charge is 1.97. The summed E-state index contributed by atoms with van der Waals surface area (Å²) < 4.78 is 5.16. The summed E-state index contributed by atoms with van der Waals surface area (Å²) in [6, 6.07) is 9.40. The number of aromatic nitrogens is 2. The second-order valence-corrected chi connectivity index (χ2v) is 3.86. The van der Waals surface area contributed by atoms with Crippen LogP contribution < -0.4 is 15.6 Å². The van der Waals surface area contributed by atoms with Crippen molar-refractivity contribution >= 4 is 5.69 Å². The van der Waals surface area contributed by atoms with Crippen molar-refractivity contribution in [2.45, 2.75) is 6.42 Å². The molecule has 0 bridgehead atoms. The van der Waals surface area contributed by atoms with E-state index in [4.69, 9.17) is 4.74 Å². The van der Waals surface area contributed by atoms with Gasteiger partial charge in [0.25, 0.3) is 5.56 Å². The van der Waals surface area contributed by atoms with Crippen LogP contribution in [0.3, 0.4) is 0 Å². The summed E-state index contributed by atoms with van der Waals surface area (Å²) in [4.78, 5) is 11.0. The monoisotopic (exact) mass is 245 g/mol. The average Bonchev–Trinajstić information content (AvgIpc) is 2.39. The number of hydrogen-bond acceptors (Lipinski definition) is 4. The van der Waals surface area contributed by atoms with E-state index in [1.807, 2.05) is 24.3 Å². The number of nitrogens with one attached hydrogen (secondary N) is 2. The standard InChI is InChI=1S/C13H15N3O2/c1-18-12-4-2-3-10(7-12)5-6-14-11-8-13(17)16-15-9-11/h2-4,7-9H,5-6H2,1H3,(H2,14,16,17). The number of anilines is 1. The second kappa shape index (κ2) is 5.86. The van der Waals surface area contributed by atoms with Crippen LogP contribution in [0.15, 0.2) is 41.3 Å². The first kappa shape index (κ1) is 12.2. The van der Waals surface area contributed by atoms with E-state index in [-0.39, 0.29) is 5.56 Å². The van der Waals surface area contributed by atoms with Crippen LogP contribution in [0, 0.1) is 0 Å². The molecule has 1 aromatic carbocycles. The summed E-state index contributed by atoms with van der Waals surface area (Å²) in [6.45, 7) is 0.734. The summed E-state index contributed by atoms with van der Waals surface area (Å²) in [5.41, 5.74) is 1.70. The van der Waals surface area contributed by atoms with Gasteiger partial charge in [-0.05, 0) is 24.1 Å². The fourth-order valence-corrected chi connectivity index (χ4v) is 1.65. The quantitative estimate of drug-likeness (QED) is 0.836. The number of nitrogens with zero attached hydrogens (tertiary/aromatic N) is 1. The molecule has 1 aromatic heterocycles. The van der Waals surface area contributed by atoms with E-state index in [1.165, 1.54) is 11.6 Å². The van der Waals surface area contributed by atoms with Crippen LogP contribution in [-0.4, -0.2) is 23.9 Å². The Labute approximate surface area is 105 Å². The largest absolute Gasteiger partial charge is 0.497 e. The molecule has 0 amide bonds. The molecule has 2 N–H and O–H groups in total. The molecule has 0 radical (unpaired) electrons. The highest BCUT2D eigenvalue weighted by molar-refractivity contribution is 5.39. The van der Waals surface area contributed by atoms with Gasteiger partial charge in [0.15, 0.2) is 0 Å². The number of ether oxygens (including phenoxy) is 1. The Bertz CT molecular complexity index is 566. The Morgan fingerprint density at radius 1 is 1.39 bits per heavy atom. The van der Waals surface area contributed by atoms with Gasteiger partial charge >= 0.3 is 0 Å². The summed E-state index contributed by atoms with van der Waals surface area (Å²) in [7, 11) is 1.65. The first-order valence-corrected chi connectivity index (χ1v) is 5.69. The van der Waals surface area contributed by atoms with Crippen molar-refractivity contribution in [3.63, 3.8) is 0 Å². The molecule has 2 aromatic rings. The first-order chi connectivity index (χ1) is 8.78. The van der Waals surface area contributed by atoms with Gasteiger partial charge in [-0.2, -0.15) is 5.10 Å². The van der Waals surface area contributed by atoms with E-state index in [0.717, 1.165) is 24.4 Å². The Morgan fingerprint density at radius 3 is 3.06 bits per heavy atom. The third kappa shape index (κ3) is 3.35. The molecule has 18 heavy (non-hydrogen) atoms. The van der Waals surface area contributed by atoms with Crippen molar-refractivity contribution in [3.05, 3.63) is 52.4 Å². The van der Waals surface area contributed by atoms with Crippen molar-refractivity contribution in [1.29, 1.82) is 0 Å². The van der Waals surface area contributed by atoms with E-state index in [2.05, 4.69) is 15.5 Å². The van der Waals surface area contributed by atoms with Crippen molar-refractivity contribution in [3.8, 4) is 5.75 Å². The molecule has 0 aliphatic rings. The van der Waals surface area contributed by atoms with Crippen molar-refractivity contribution in [1.82, 2.24) is 10.2 Å². The van der Waals surface area contributed by atoms with Gasteiger partial charge in [0.1, 0.15) is 5.75 Å². The zero-order chi connectivity index (χ0) is 12.8. The molecule has 0 saturated heterocycles. The van der Waals surface area contributed by atoms with Gasteiger partial charge in [0.2, 0.25) is 0 Å². The van der Waals surface area contributed by atoms with Crippen LogP contribution in [0.2, 0.25) is 0 Å². The van der Waals surface area contributed by atoms with Crippen LogP contribution in [0.4, 0.5) is 5.69 Å². The number of H-pyrrole nitrogens is 1. The third-order valence-corrected chi connectivity index (χ3v) is 2.54. The summed E-state index contributed by atoms with van der Waals surface area (Å²) in [5, 5.41) is 9.20. The number of rotatable bonds is 5. The van der Waals surface area contributed by atoms with Crippen LogP contribution in [0.1, 0.15) is 5.56 Å². The maximum Gasteiger partial charge on any atom is 0.266 e. The van der Waals surface area contributed by atoms with Gasteiger partial charge in [-0.3, -0.25) is 4.79 Å². The van der Waals surface area contributed by atoms with Crippen molar-refractivity contribution < 1.29 is 4.74 Å². The molecular weight excluding hydrogens is 230 g/mol. The lowest BCUT2D eigenvalue weighted by Gasteiger charge is -2.06. The van der Waals surface area contributed by atoms with Gasteiger partial charge in [0.05, 0.1) is 19.0 Å². The molecule has 0 aliphatic carbocycles. The lowest BCUT2D eigenvalue weighted by Crippen LogP contribution is -2.11. The number of benzene rings is 1.